The number of thiophene rings is 1. The molecule has 0 atom stereocenters. The number of amides is 2. The van der Waals surface area contributed by atoms with Crippen molar-refractivity contribution in [2.45, 2.75) is 20.4 Å². The van der Waals surface area contributed by atoms with E-state index in [1.165, 1.54) is 6.07 Å². The van der Waals surface area contributed by atoms with Crippen molar-refractivity contribution in [3.05, 3.63) is 63.9 Å². The number of aryl methyl sites for hydroxylation is 2. The molecule has 7 heteroatoms. The van der Waals surface area contributed by atoms with Gasteiger partial charge in [0.05, 0.1) is 12.2 Å². The van der Waals surface area contributed by atoms with E-state index < -0.39 is 5.82 Å². The van der Waals surface area contributed by atoms with Crippen LogP contribution in [0.5, 0.6) is 0 Å². The van der Waals surface area contributed by atoms with Crippen LogP contribution in [0, 0.1) is 19.7 Å². The zero-order chi connectivity index (χ0) is 17.1. The van der Waals surface area contributed by atoms with Crippen LogP contribution >= 0.6 is 11.3 Å². The van der Waals surface area contributed by atoms with E-state index in [9.17, 15) is 9.18 Å². The standard InChI is InChI=1S/C17H17FN4OS/c1-11-8-12(2)22(21-11)16-6-5-13(9-15(16)18)20-17(23)19-10-14-4-3-7-24-14/h3-9H,10H2,1-2H3,(H2,19,20,23). The molecular formula is C17H17FN4OS. The number of aromatic nitrogens is 2. The predicted octanol–water partition coefficient (Wildman–Crippen LogP) is 4.01. The molecule has 0 bridgehead atoms. The first-order valence-electron chi connectivity index (χ1n) is 7.43. The minimum Gasteiger partial charge on any atom is -0.333 e. The summed E-state index contributed by atoms with van der Waals surface area (Å²) < 4.78 is 15.9. The fraction of sp³-hybridized carbons (Fsp3) is 0.176. The first kappa shape index (κ1) is 16.2. The van der Waals surface area contributed by atoms with Gasteiger partial charge in [-0.15, -0.1) is 11.3 Å². The molecule has 2 amide bonds. The number of anilines is 1. The monoisotopic (exact) mass is 344 g/mol. The minimum absolute atomic E-state index is 0.352. The summed E-state index contributed by atoms with van der Waals surface area (Å²) in [7, 11) is 0. The zero-order valence-electron chi connectivity index (χ0n) is 13.3. The zero-order valence-corrected chi connectivity index (χ0v) is 14.2. The molecule has 2 aromatic heterocycles. The molecule has 0 saturated carbocycles. The third-order valence-electron chi connectivity index (χ3n) is 3.45. The molecule has 0 spiro atoms. The molecule has 0 aliphatic carbocycles. The van der Waals surface area contributed by atoms with Crippen LogP contribution in [0.25, 0.3) is 5.69 Å². The average molecular weight is 344 g/mol. The van der Waals surface area contributed by atoms with E-state index in [4.69, 9.17) is 0 Å². The molecule has 3 rings (SSSR count). The largest absolute Gasteiger partial charge is 0.333 e. The molecule has 0 aliphatic heterocycles. The predicted molar refractivity (Wildman–Crippen MR) is 93.2 cm³/mol. The smallest absolute Gasteiger partial charge is 0.319 e. The molecule has 1 aromatic carbocycles. The van der Waals surface area contributed by atoms with Gasteiger partial charge in [-0.25, -0.2) is 13.9 Å². The Morgan fingerprint density at radius 3 is 2.75 bits per heavy atom. The van der Waals surface area contributed by atoms with Crippen LogP contribution < -0.4 is 10.6 Å². The highest BCUT2D eigenvalue weighted by Crippen LogP contribution is 2.20. The quantitative estimate of drug-likeness (QED) is 0.751. The molecule has 124 valence electrons. The highest BCUT2D eigenvalue weighted by Gasteiger charge is 2.11. The number of urea groups is 1. The van der Waals surface area contributed by atoms with Gasteiger partial charge in [-0.3, -0.25) is 0 Å². The van der Waals surface area contributed by atoms with E-state index in [0.29, 0.717) is 17.9 Å². The third-order valence-corrected chi connectivity index (χ3v) is 4.32. The van der Waals surface area contributed by atoms with Gasteiger partial charge in [-0.2, -0.15) is 5.10 Å². The van der Waals surface area contributed by atoms with Crippen molar-refractivity contribution in [2.75, 3.05) is 5.32 Å². The van der Waals surface area contributed by atoms with Crippen molar-refractivity contribution < 1.29 is 9.18 Å². The summed E-state index contributed by atoms with van der Waals surface area (Å²) in [5.41, 5.74) is 2.41. The average Bonchev–Trinajstić information content (AvgIpc) is 3.15. The number of nitrogens with zero attached hydrogens (tertiary/aromatic N) is 2. The molecule has 0 radical (unpaired) electrons. The van der Waals surface area contributed by atoms with Crippen molar-refractivity contribution in [1.82, 2.24) is 15.1 Å². The van der Waals surface area contributed by atoms with E-state index in [1.807, 2.05) is 37.4 Å². The second kappa shape index (κ2) is 6.84. The van der Waals surface area contributed by atoms with E-state index in [-0.39, 0.29) is 6.03 Å². The molecule has 5 nitrogen and oxygen atoms in total. The second-order valence-electron chi connectivity index (χ2n) is 5.39. The van der Waals surface area contributed by atoms with Gasteiger partial charge in [-0.05, 0) is 49.6 Å². The SMILES string of the molecule is Cc1cc(C)n(-c2ccc(NC(=O)NCc3cccs3)cc2F)n1. The number of carbonyl (C=O) groups is 1. The van der Waals surface area contributed by atoms with Crippen LogP contribution in [-0.4, -0.2) is 15.8 Å². The minimum atomic E-state index is -0.447. The van der Waals surface area contributed by atoms with Crippen molar-refractivity contribution in [3.63, 3.8) is 0 Å². The van der Waals surface area contributed by atoms with Crippen LogP contribution in [0.1, 0.15) is 16.3 Å². The van der Waals surface area contributed by atoms with Crippen LogP contribution in [0.2, 0.25) is 0 Å². The molecule has 0 fully saturated rings. The Bertz CT molecular complexity index is 858. The number of rotatable bonds is 4. The van der Waals surface area contributed by atoms with Gasteiger partial charge in [0.25, 0.3) is 0 Å². The maximum absolute atomic E-state index is 14.4. The molecule has 0 saturated heterocycles. The topological polar surface area (TPSA) is 59.0 Å². The normalized spacial score (nSPS) is 10.6. The molecular weight excluding hydrogens is 327 g/mol. The Balaban J connectivity index is 1.68. The lowest BCUT2D eigenvalue weighted by molar-refractivity contribution is 0.252. The molecule has 2 N–H and O–H groups in total. The second-order valence-corrected chi connectivity index (χ2v) is 6.42. The first-order chi connectivity index (χ1) is 11.5. The van der Waals surface area contributed by atoms with E-state index in [1.54, 1.807) is 28.2 Å². The Labute approximate surface area is 143 Å². The van der Waals surface area contributed by atoms with Gasteiger partial charge in [-0.1, -0.05) is 6.07 Å². The van der Waals surface area contributed by atoms with Gasteiger partial charge < -0.3 is 10.6 Å². The van der Waals surface area contributed by atoms with Crippen LogP contribution in [0.4, 0.5) is 14.9 Å². The van der Waals surface area contributed by atoms with E-state index in [2.05, 4.69) is 15.7 Å². The fourth-order valence-corrected chi connectivity index (χ4v) is 3.03. The molecule has 24 heavy (non-hydrogen) atoms. The van der Waals surface area contributed by atoms with Crippen molar-refractivity contribution in [3.8, 4) is 5.69 Å². The number of hydrogen-bond acceptors (Lipinski definition) is 3. The molecule has 2 heterocycles. The van der Waals surface area contributed by atoms with Crippen LogP contribution in [-0.2, 0) is 6.54 Å². The Hall–Kier alpha value is -2.67. The molecule has 3 aromatic rings. The van der Waals surface area contributed by atoms with Crippen molar-refractivity contribution >= 4 is 23.1 Å². The Morgan fingerprint density at radius 1 is 1.29 bits per heavy atom. The summed E-state index contributed by atoms with van der Waals surface area (Å²) in [4.78, 5) is 12.9. The Kier molecular flexibility index (Phi) is 4.61. The number of benzene rings is 1. The van der Waals surface area contributed by atoms with Crippen molar-refractivity contribution in [2.24, 2.45) is 0 Å². The molecule has 0 aliphatic rings. The Morgan fingerprint density at radius 2 is 2.12 bits per heavy atom. The molecule has 0 unspecified atom stereocenters. The number of hydrogen-bond donors (Lipinski definition) is 2. The highest BCUT2D eigenvalue weighted by atomic mass is 32.1. The maximum atomic E-state index is 14.4. The van der Waals surface area contributed by atoms with Crippen molar-refractivity contribution in [1.29, 1.82) is 0 Å². The summed E-state index contributed by atoms with van der Waals surface area (Å²) >= 11 is 1.56. The van der Waals surface area contributed by atoms with Crippen LogP contribution in [0.3, 0.4) is 0 Å². The van der Waals surface area contributed by atoms with Crippen LogP contribution in [0.15, 0.2) is 41.8 Å². The summed E-state index contributed by atoms with van der Waals surface area (Å²) in [6.45, 7) is 4.16. The van der Waals surface area contributed by atoms with E-state index >= 15 is 0 Å². The number of halogens is 1. The number of nitrogens with one attached hydrogen (secondary N) is 2. The third kappa shape index (κ3) is 3.62. The highest BCUT2D eigenvalue weighted by molar-refractivity contribution is 7.09. The fourth-order valence-electron chi connectivity index (χ4n) is 2.39. The first-order valence-corrected chi connectivity index (χ1v) is 8.31. The van der Waals surface area contributed by atoms with Gasteiger partial charge in [0.1, 0.15) is 5.69 Å². The van der Waals surface area contributed by atoms with Gasteiger partial charge >= 0.3 is 6.03 Å². The van der Waals surface area contributed by atoms with E-state index in [0.717, 1.165) is 16.3 Å². The van der Waals surface area contributed by atoms with Gasteiger partial charge in [0.15, 0.2) is 5.82 Å². The maximum Gasteiger partial charge on any atom is 0.319 e. The van der Waals surface area contributed by atoms with Gasteiger partial charge in [0.2, 0.25) is 0 Å². The summed E-state index contributed by atoms with van der Waals surface area (Å²) in [6.07, 6.45) is 0. The summed E-state index contributed by atoms with van der Waals surface area (Å²) in [5, 5.41) is 11.6. The lowest BCUT2D eigenvalue weighted by Gasteiger charge is -2.10. The summed E-state index contributed by atoms with van der Waals surface area (Å²) in [5.74, 6) is -0.447. The summed E-state index contributed by atoms with van der Waals surface area (Å²) in [6, 6.07) is 9.91. The van der Waals surface area contributed by atoms with Gasteiger partial charge in [0, 0.05) is 16.3 Å². The lowest BCUT2D eigenvalue weighted by Crippen LogP contribution is -2.27. The lowest BCUT2D eigenvalue weighted by atomic mass is 10.2. The number of carbonyl (C=O) groups excluding carboxylic acids is 1.